The SMILES string of the molecule is O=c1c2ccccc2nnn1Cc1nnc(-c2ccccc2)o1. The van der Waals surface area contributed by atoms with E-state index in [0.717, 1.165) is 5.56 Å². The van der Waals surface area contributed by atoms with Gasteiger partial charge in [0.15, 0.2) is 0 Å². The third-order valence-electron chi connectivity index (χ3n) is 3.40. The quantitative estimate of drug-likeness (QED) is 0.574. The number of rotatable bonds is 3. The van der Waals surface area contributed by atoms with Crippen LogP contribution in [0.3, 0.4) is 0 Å². The molecule has 0 aliphatic rings. The molecule has 0 unspecified atom stereocenters. The van der Waals surface area contributed by atoms with Gasteiger partial charge in [0.1, 0.15) is 12.1 Å². The second-order valence-electron chi connectivity index (χ2n) is 4.94. The van der Waals surface area contributed by atoms with Crippen molar-refractivity contribution >= 4 is 10.9 Å². The van der Waals surface area contributed by atoms with Gasteiger partial charge in [0, 0.05) is 5.56 Å². The van der Waals surface area contributed by atoms with Gasteiger partial charge in [0.2, 0.25) is 11.8 Å². The molecule has 0 bridgehead atoms. The van der Waals surface area contributed by atoms with Crippen molar-refractivity contribution in [2.45, 2.75) is 6.54 Å². The third kappa shape index (κ3) is 2.48. The van der Waals surface area contributed by atoms with Gasteiger partial charge in [0.05, 0.1) is 5.39 Å². The molecule has 23 heavy (non-hydrogen) atoms. The Morgan fingerprint density at radius 2 is 1.70 bits per heavy atom. The fourth-order valence-corrected chi connectivity index (χ4v) is 2.27. The van der Waals surface area contributed by atoms with Gasteiger partial charge in [-0.15, -0.1) is 15.3 Å². The van der Waals surface area contributed by atoms with E-state index >= 15 is 0 Å². The van der Waals surface area contributed by atoms with Gasteiger partial charge in [-0.3, -0.25) is 4.79 Å². The van der Waals surface area contributed by atoms with Crippen LogP contribution < -0.4 is 5.56 Å². The van der Waals surface area contributed by atoms with Crippen LogP contribution in [0.2, 0.25) is 0 Å². The van der Waals surface area contributed by atoms with Gasteiger partial charge in [-0.2, -0.15) is 0 Å². The van der Waals surface area contributed by atoms with E-state index in [1.807, 2.05) is 36.4 Å². The van der Waals surface area contributed by atoms with Crippen LogP contribution in [-0.2, 0) is 6.54 Å². The Balaban J connectivity index is 1.68. The maximum Gasteiger partial charge on any atom is 0.278 e. The molecule has 7 heteroatoms. The predicted molar refractivity (Wildman–Crippen MR) is 82.6 cm³/mol. The van der Waals surface area contributed by atoms with Crippen molar-refractivity contribution in [1.82, 2.24) is 25.2 Å². The fraction of sp³-hybridized carbons (Fsp3) is 0.0625. The Morgan fingerprint density at radius 3 is 2.57 bits per heavy atom. The Bertz CT molecular complexity index is 1020. The fourth-order valence-electron chi connectivity index (χ4n) is 2.27. The van der Waals surface area contributed by atoms with Crippen LogP contribution in [0.5, 0.6) is 0 Å². The number of hydrogen-bond acceptors (Lipinski definition) is 6. The number of benzene rings is 2. The highest BCUT2D eigenvalue weighted by molar-refractivity contribution is 5.76. The average molecular weight is 305 g/mol. The zero-order valence-electron chi connectivity index (χ0n) is 12.0. The van der Waals surface area contributed by atoms with Gasteiger partial charge < -0.3 is 4.42 Å². The largest absolute Gasteiger partial charge is 0.419 e. The summed E-state index contributed by atoms with van der Waals surface area (Å²) >= 11 is 0. The van der Waals surface area contributed by atoms with E-state index in [2.05, 4.69) is 20.5 Å². The van der Waals surface area contributed by atoms with Crippen molar-refractivity contribution < 1.29 is 4.42 Å². The van der Waals surface area contributed by atoms with E-state index in [1.165, 1.54) is 4.68 Å². The topological polar surface area (TPSA) is 86.7 Å². The summed E-state index contributed by atoms with van der Waals surface area (Å²) in [4.78, 5) is 12.4. The first kappa shape index (κ1) is 13.3. The van der Waals surface area contributed by atoms with E-state index in [4.69, 9.17) is 4.42 Å². The molecule has 112 valence electrons. The van der Waals surface area contributed by atoms with Crippen LogP contribution >= 0.6 is 0 Å². The van der Waals surface area contributed by atoms with Crippen molar-refractivity contribution in [2.75, 3.05) is 0 Å². The van der Waals surface area contributed by atoms with Crippen molar-refractivity contribution in [3.8, 4) is 11.5 Å². The maximum atomic E-state index is 12.4. The molecule has 0 aliphatic carbocycles. The minimum atomic E-state index is -0.241. The molecule has 7 nitrogen and oxygen atoms in total. The first-order valence-corrected chi connectivity index (χ1v) is 7.01. The lowest BCUT2D eigenvalue weighted by Gasteiger charge is -2.01. The van der Waals surface area contributed by atoms with E-state index in [0.29, 0.717) is 22.7 Å². The molecule has 0 radical (unpaired) electrons. The smallest absolute Gasteiger partial charge is 0.278 e. The molecule has 0 saturated carbocycles. The number of aromatic nitrogens is 5. The molecule has 0 fully saturated rings. The lowest BCUT2D eigenvalue weighted by Crippen LogP contribution is -2.24. The summed E-state index contributed by atoms with van der Waals surface area (Å²) in [6.07, 6.45) is 0. The molecule has 2 aromatic heterocycles. The second kappa shape index (κ2) is 5.45. The van der Waals surface area contributed by atoms with Crippen molar-refractivity contribution in [2.24, 2.45) is 0 Å². The molecule has 0 N–H and O–H groups in total. The van der Waals surface area contributed by atoms with Gasteiger partial charge >= 0.3 is 0 Å². The van der Waals surface area contributed by atoms with Crippen LogP contribution in [0.25, 0.3) is 22.4 Å². The highest BCUT2D eigenvalue weighted by Gasteiger charge is 2.11. The second-order valence-corrected chi connectivity index (χ2v) is 4.94. The first-order chi connectivity index (χ1) is 11.3. The maximum absolute atomic E-state index is 12.4. The van der Waals surface area contributed by atoms with Crippen LogP contribution in [0.4, 0.5) is 0 Å². The van der Waals surface area contributed by atoms with Crippen LogP contribution in [0.15, 0.2) is 63.8 Å². The monoisotopic (exact) mass is 305 g/mol. The number of fused-ring (bicyclic) bond motifs is 1. The summed E-state index contributed by atoms with van der Waals surface area (Å²) in [5.41, 5.74) is 1.14. The van der Waals surface area contributed by atoms with E-state index in [1.54, 1.807) is 18.2 Å². The number of hydrogen-bond donors (Lipinski definition) is 0. The molecular formula is C16H11N5O2. The summed E-state index contributed by atoms with van der Waals surface area (Å²) < 4.78 is 6.80. The first-order valence-electron chi connectivity index (χ1n) is 7.01. The van der Waals surface area contributed by atoms with Crippen molar-refractivity contribution in [1.29, 1.82) is 0 Å². The minimum Gasteiger partial charge on any atom is -0.419 e. The van der Waals surface area contributed by atoms with Gasteiger partial charge in [-0.05, 0) is 24.3 Å². The van der Waals surface area contributed by atoms with Gasteiger partial charge in [-0.1, -0.05) is 35.5 Å². The van der Waals surface area contributed by atoms with Gasteiger partial charge in [-0.25, -0.2) is 4.68 Å². The number of nitrogens with zero attached hydrogens (tertiary/aromatic N) is 5. The molecule has 2 heterocycles. The lowest BCUT2D eigenvalue weighted by molar-refractivity contribution is 0.458. The van der Waals surface area contributed by atoms with Crippen LogP contribution in [-0.4, -0.2) is 25.2 Å². The highest BCUT2D eigenvalue weighted by atomic mass is 16.4. The predicted octanol–water partition coefficient (Wildman–Crippen LogP) is 1.89. The normalized spacial score (nSPS) is 11.0. The molecule has 2 aromatic carbocycles. The molecule has 0 spiro atoms. The molecule has 0 saturated heterocycles. The summed E-state index contributed by atoms with van der Waals surface area (Å²) in [7, 11) is 0. The summed E-state index contributed by atoms with van der Waals surface area (Å²) in [6, 6.07) is 16.5. The zero-order valence-corrected chi connectivity index (χ0v) is 12.0. The third-order valence-corrected chi connectivity index (χ3v) is 3.40. The highest BCUT2D eigenvalue weighted by Crippen LogP contribution is 2.17. The van der Waals surface area contributed by atoms with E-state index in [-0.39, 0.29) is 12.1 Å². The molecule has 0 aliphatic heterocycles. The van der Waals surface area contributed by atoms with E-state index in [9.17, 15) is 4.79 Å². The minimum absolute atomic E-state index is 0.0799. The lowest BCUT2D eigenvalue weighted by atomic mass is 10.2. The molecular weight excluding hydrogens is 294 g/mol. The summed E-state index contributed by atoms with van der Waals surface area (Å²) in [5.74, 6) is 0.706. The zero-order chi connectivity index (χ0) is 15.6. The Hall–Kier alpha value is -3.35. The van der Waals surface area contributed by atoms with Crippen molar-refractivity contribution in [3.05, 3.63) is 70.8 Å². The van der Waals surface area contributed by atoms with Gasteiger partial charge in [0.25, 0.3) is 5.56 Å². The van der Waals surface area contributed by atoms with Crippen LogP contribution in [0.1, 0.15) is 5.89 Å². The Kier molecular flexibility index (Phi) is 3.16. The summed E-state index contributed by atoms with van der Waals surface area (Å²) in [5, 5.41) is 16.4. The Labute approximate surface area is 130 Å². The molecule has 0 atom stereocenters. The molecule has 0 amide bonds. The van der Waals surface area contributed by atoms with Crippen molar-refractivity contribution in [3.63, 3.8) is 0 Å². The van der Waals surface area contributed by atoms with E-state index < -0.39 is 0 Å². The molecule has 4 aromatic rings. The summed E-state index contributed by atoms with van der Waals surface area (Å²) in [6.45, 7) is 0.0799. The molecule has 4 rings (SSSR count). The average Bonchev–Trinajstić information content (AvgIpc) is 3.07. The Morgan fingerprint density at radius 1 is 0.913 bits per heavy atom. The van der Waals surface area contributed by atoms with Crippen LogP contribution in [0, 0.1) is 0 Å². The standard InChI is InChI=1S/C16H11N5O2/c22-16-12-8-4-5-9-13(12)17-20-21(16)10-14-18-19-15(23-14)11-6-2-1-3-7-11/h1-9H,10H2.